The lowest BCUT2D eigenvalue weighted by atomic mass is 9.95. The number of benzene rings is 2. The van der Waals surface area contributed by atoms with E-state index in [-0.39, 0.29) is 0 Å². The van der Waals surface area contributed by atoms with Gasteiger partial charge in [0.15, 0.2) is 0 Å². The summed E-state index contributed by atoms with van der Waals surface area (Å²) in [5.41, 5.74) is 4.83. The van der Waals surface area contributed by atoms with E-state index in [1.807, 2.05) is 19.1 Å². The Morgan fingerprint density at radius 3 is 2.71 bits per heavy atom. The smallest absolute Gasteiger partial charge is 0.335 e. The first kappa shape index (κ1) is 13.7. The molecule has 21 heavy (non-hydrogen) atoms. The van der Waals surface area contributed by atoms with E-state index in [0.29, 0.717) is 11.6 Å². The molecule has 0 saturated heterocycles. The molecule has 2 aromatic rings. The Bertz CT molecular complexity index is 693. The van der Waals surface area contributed by atoms with Crippen LogP contribution in [0.3, 0.4) is 0 Å². The van der Waals surface area contributed by atoms with Gasteiger partial charge in [-0.15, -0.1) is 0 Å². The van der Waals surface area contributed by atoms with E-state index >= 15 is 0 Å². The SMILES string of the molecule is Cc1cc(N2c3ccccc3CCC2C)ccc1C(=O)O. The highest BCUT2D eigenvalue weighted by atomic mass is 16.4. The van der Waals surface area contributed by atoms with Gasteiger partial charge in [0.05, 0.1) is 5.56 Å². The van der Waals surface area contributed by atoms with Crippen LogP contribution in [0.15, 0.2) is 42.5 Å². The summed E-state index contributed by atoms with van der Waals surface area (Å²) in [5, 5.41) is 9.16. The van der Waals surface area contributed by atoms with Crippen LogP contribution in [0.4, 0.5) is 11.4 Å². The Morgan fingerprint density at radius 1 is 1.24 bits per heavy atom. The monoisotopic (exact) mass is 281 g/mol. The van der Waals surface area contributed by atoms with Crippen LogP contribution in [-0.2, 0) is 6.42 Å². The van der Waals surface area contributed by atoms with E-state index in [9.17, 15) is 4.79 Å². The maximum atomic E-state index is 11.2. The van der Waals surface area contributed by atoms with Crippen molar-refractivity contribution < 1.29 is 9.90 Å². The molecule has 0 spiro atoms. The van der Waals surface area contributed by atoms with Crippen molar-refractivity contribution in [1.82, 2.24) is 0 Å². The molecule has 3 rings (SSSR count). The molecule has 0 aliphatic carbocycles. The number of nitrogens with zero attached hydrogens (tertiary/aromatic N) is 1. The second-order valence-corrected chi connectivity index (χ2v) is 5.69. The second-order valence-electron chi connectivity index (χ2n) is 5.69. The van der Waals surface area contributed by atoms with Crippen molar-refractivity contribution in [3.63, 3.8) is 0 Å². The van der Waals surface area contributed by atoms with Gasteiger partial charge in [-0.3, -0.25) is 0 Å². The lowest BCUT2D eigenvalue weighted by molar-refractivity contribution is 0.0696. The molecule has 108 valence electrons. The maximum Gasteiger partial charge on any atom is 0.335 e. The number of carboxylic acids is 1. The van der Waals surface area contributed by atoms with Crippen molar-refractivity contribution in [1.29, 1.82) is 0 Å². The van der Waals surface area contributed by atoms with E-state index in [0.717, 1.165) is 24.1 Å². The zero-order valence-corrected chi connectivity index (χ0v) is 12.3. The molecule has 3 heteroatoms. The minimum absolute atomic E-state index is 0.372. The molecule has 0 radical (unpaired) electrons. The third kappa shape index (κ3) is 2.40. The molecule has 1 heterocycles. The van der Waals surface area contributed by atoms with Gasteiger partial charge in [-0.1, -0.05) is 18.2 Å². The standard InChI is InChI=1S/C18H19NO2/c1-12-11-15(9-10-16(12)18(20)21)19-13(2)7-8-14-5-3-4-6-17(14)19/h3-6,9-11,13H,7-8H2,1-2H3,(H,20,21). The first-order valence-corrected chi connectivity index (χ1v) is 7.29. The highest BCUT2D eigenvalue weighted by Gasteiger charge is 2.24. The molecule has 0 saturated carbocycles. The van der Waals surface area contributed by atoms with Gasteiger partial charge in [0, 0.05) is 17.4 Å². The van der Waals surface area contributed by atoms with Crippen LogP contribution in [0.5, 0.6) is 0 Å². The van der Waals surface area contributed by atoms with Crippen LogP contribution in [0.25, 0.3) is 0 Å². The summed E-state index contributed by atoms with van der Waals surface area (Å²) in [4.78, 5) is 13.5. The summed E-state index contributed by atoms with van der Waals surface area (Å²) in [5.74, 6) is -0.869. The predicted octanol–water partition coefficient (Wildman–Crippen LogP) is 4.17. The highest BCUT2D eigenvalue weighted by Crippen LogP contribution is 2.37. The predicted molar refractivity (Wildman–Crippen MR) is 84.5 cm³/mol. The fourth-order valence-corrected chi connectivity index (χ4v) is 3.12. The van der Waals surface area contributed by atoms with Gasteiger partial charge in [0.25, 0.3) is 0 Å². The van der Waals surface area contributed by atoms with Crippen molar-refractivity contribution in [3.05, 3.63) is 59.2 Å². The molecule has 0 bridgehead atoms. The number of rotatable bonds is 2. The average Bonchev–Trinajstić information content (AvgIpc) is 2.46. The van der Waals surface area contributed by atoms with Crippen LogP contribution >= 0.6 is 0 Å². The molecule has 3 nitrogen and oxygen atoms in total. The molecule has 0 amide bonds. The first-order valence-electron chi connectivity index (χ1n) is 7.29. The molecule has 0 aromatic heterocycles. The number of hydrogen-bond donors (Lipinski definition) is 1. The Balaban J connectivity index is 2.07. The van der Waals surface area contributed by atoms with Gasteiger partial charge in [-0.2, -0.15) is 0 Å². The van der Waals surface area contributed by atoms with E-state index in [2.05, 4.69) is 36.1 Å². The van der Waals surface area contributed by atoms with E-state index < -0.39 is 5.97 Å². The summed E-state index contributed by atoms with van der Waals surface area (Å²) < 4.78 is 0. The van der Waals surface area contributed by atoms with E-state index in [1.165, 1.54) is 11.3 Å². The Kier molecular flexibility index (Phi) is 3.42. The minimum atomic E-state index is -0.869. The third-order valence-corrected chi connectivity index (χ3v) is 4.24. The molecule has 1 aliphatic heterocycles. The Morgan fingerprint density at radius 2 is 2.00 bits per heavy atom. The number of carboxylic acid groups (broad SMARTS) is 1. The van der Waals surface area contributed by atoms with Crippen molar-refractivity contribution in [2.24, 2.45) is 0 Å². The number of aryl methyl sites for hydroxylation is 2. The Labute approximate surface area is 124 Å². The van der Waals surface area contributed by atoms with Crippen LogP contribution in [-0.4, -0.2) is 17.1 Å². The molecular formula is C18H19NO2. The van der Waals surface area contributed by atoms with Crippen LogP contribution in [0.2, 0.25) is 0 Å². The average molecular weight is 281 g/mol. The minimum Gasteiger partial charge on any atom is -0.478 e. The topological polar surface area (TPSA) is 40.5 Å². The molecule has 0 fully saturated rings. The Hall–Kier alpha value is -2.29. The zero-order chi connectivity index (χ0) is 15.0. The molecule has 1 aliphatic rings. The summed E-state index contributed by atoms with van der Waals surface area (Å²) in [6, 6.07) is 14.5. The third-order valence-electron chi connectivity index (χ3n) is 4.24. The number of anilines is 2. The molecule has 1 N–H and O–H groups in total. The number of carbonyl (C=O) groups is 1. The van der Waals surface area contributed by atoms with E-state index in [1.54, 1.807) is 6.07 Å². The second kappa shape index (κ2) is 5.24. The van der Waals surface area contributed by atoms with Crippen LogP contribution < -0.4 is 4.90 Å². The molecule has 1 unspecified atom stereocenters. The molecule has 2 aromatic carbocycles. The van der Waals surface area contributed by atoms with Crippen LogP contribution in [0, 0.1) is 6.92 Å². The molecular weight excluding hydrogens is 262 g/mol. The summed E-state index contributed by atoms with van der Waals surface area (Å²) in [7, 11) is 0. The number of para-hydroxylation sites is 1. The fraction of sp³-hybridized carbons (Fsp3) is 0.278. The molecule has 1 atom stereocenters. The van der Waals surface area contributed by atoms with Gasteiger partial charge in [0.2, 0.25) is 0 Å². The van der Waals surface area contributed by atoms with Crippen LogP contribution in [0.1, 0.15) is 34.8 Å². The maximum absolute atomic E-state index is 11.2. The van der Waals surface area contributed by atoms with Crippen molar-refractivity contribution in [2.75, 3.05) is 4.90 Å². The quantitative estimate of drug-likeness (QED) is 0.898. The fourth-order valence-electron chi connectivity index (χ4n) is 3.12. The zero-order valence-electron chi connectivity index (χ0n) is 12.3. The lowest BCUT2D eigenvalue weighted by Gasteiger charge is -2.37. The van der Waals surface area contributed by atoms with Crippen molar-refractivity contribution in [3.8, 4) is 0 Å². The van der Waals surface area contributed by atoms with Gasteiger partial charge >= 0.3 is 5.97 Å². The normalized spacial score (nSPS) is 17.4. The van der Waals surface area contributed by atoms with Gasteiger partial charge in [0.1, 0.15) is 0 Å². The number of fused-ring (bicyclic) bond motifs is 1. The number of aromatic carboxylic acids is 1. The first-order chi connectivity index (χ1) is 10.1. The largest absolute Gasteiger partial charge is 0.478 e. The van der Waals surface area contributed by atoms with Crippen molar-refractivity contribution in [2.45, 2.75) is 32.7 Å². The van der Waals surface area contributed by atoms with E-state index in [4.69, 9.17) is 5.11 Å². The van der Waals surface area contributed by atoms with Gasteiger partial charge in [-0.25, -0.2) is 4.79 Å². The highest BCUT2D eigenvalue weighted by molar-refractivity contribution is 5.90. The summed E-state index contributed by atoms with van der Waals surface area (Å²) >= 11 is 0. The summed E-state index contributed by atoms with van der Waals surface area (Å²) in [6.45, 7) is 4.07. The summed E-state index contributed by atoms with van der Waals surface area (Å²) in [6.07, 6.45) is 2.21. The van der Waals surface area contributed by atoms with Crippen molar-refractivity contribution >= 4 is 17.3 Å². The van der Waals surface area contributed by atoms with Gasteiger partial charge in [-0.05, 0) is 62.1 Å². The van der Waals surface area contributed by atoms with Gasteiger partial charge < -0.3 is 10.0 Å². The lowest BCUT2D eigenvalue weighted by Crippen LogP contribution is -2.33. The number of hydrogen-bond acceptors (Lipinski definition) is 2.